The van der Waals surface area contributed by atoms with Gasteiger partial charge in [0.15, 0.2) is 0 Å². The van der Waals surface area contributed by atoms with Crippen molar-refractivity contribution in [1.82, 2.24) is 14.9 Å². The first-order chi connectivity index (χ1) is 11.9. The van der Waals surface area contributed by atoms with Crippen LogP contribution in [-0.4, -0.2) is 39.5 Å². The van der Waals surface area contributed by atoms with E-state index >= 15 is 0 Å². The maximum absolute atomic E-state index is 12.3. The molecular formula is C16H18N3O5S-. The number of carboxylic acid groups (broad SMARTS) is 1. The van der Waals surface area contributed by atoms with Crippen molar-refractivity contribution in [1.29, 1.82) is 0 Å². The molecule has 134 valence electrons. The molecule has 0 spiro atoms. The summed E-state index contributed by atoms with van der Waals surface area (Å²) in [6, 6.07) is 5.48. The van der Waals surface area contributed by atoms with E-state index < -0.39 is 29.2 Å². The summed E-state index contributed by atoms with van der Waals surface area (Å²) in [4.78, 5) is 49.9. The van der Waals surface area contributed by atoms with Crippen LogP contribution in [0.15, 0.2) is 33.9 Å². The van der Waals surface area contributed by atoms with E-state index in [0.717, 1.165) is 4.57 Å². The molecule has 1 amide bonds. The van der Waals surface area contributed by atoms with E-state index in [0.29, 0.717) is 16.7 Å². The Labute approximate surface area is 147 Å². The molecule has 2 rings (SSSR count). The zero-order chi connectivity index (χ0) is 18.4. The second kappa shape index (κ2) is 8.52. The van der Waals surface area contributed by atoms with Gasteiger partial charge in [0, 0.05) is 13.0 Å². The van der Waals surface area contributed by atoms with E-state index in [-0.39, 0.29) is 19.4 Å². The number of aromatic amines is 1. The third-order valence-corrected chi connectivity index (χ3v) is 4.33. The summed E-state index contributed by atoms with van der Waals surface area (Å²) >= 11 is 1.46. The van der Waals surface area contributed by atoms with Gasteiger partial charge in [-0.1, -0.05) is 12.1 Å². The Bertz CT molecular complexity index is 889. The second-order valence-corrected chi connectivity index (χ2v) is 6.39. The lowest BCUT2D eigenvalue weighted by atomic mass is 10.2. The van der Waals surface area contributed by atoms with Gasteiger partial charge in [-0.05, 0) is 30.6 Å². The minimum absolute atomic E-state index is 0.146. The number of carboxylic acids is 1. The number of H-pyrrole nitrogens is 1. The van der Waals surface area contributed by atoms with Crippen LogP contribution in [0.5, 0.6) is 0 Å². The summed E-state index contributed by atoms with van der Waals surface area (Å²) in [6.07, 6.45) is 1.88. The van der Waals surface area contributed by atoms with E-state index in [2.05, 4.69) is 10.3 Å². The molecule has 0 fully saturated rings. The molecular weight excluding hydrogens is 346 g/mol. The largest absolute Gasteiger partial charge is 0.548 e. The highest BCUT2D eigenvalue weighted by atomic mass is 32.2. The van der Waals surface area contributed by atoms with Crippen LogP contribution in [0.4, 0.5) is 0 Å². The quantitative estimate of drug-likeness (QED) is 0.623. The predicted octanol–water partition coefficient (Wildman–Crippen LogP) is -0.932. The maximum atomic E-state index is 12.3. The molecule has 0 aliphatic carbocycles. The Morgan fingerprint density at radius 1 is 1.32 bits per heavy atom. The summed E-state index contributed by atoms with van der Waals surface area (Å²) in [5.41, 5.74) is -0.686. The number of rotatable bonds is 8. The number of carbonyl (C=O) groups is 2. The minimum Gasteiger partial charge on any atom is -0.548 e. The molecule has 0 aliphatic heterocycles. The fourth-order valence-corrected chi connectivity index (χ4v) is 2.84. The van der Waals surface area contributed by atoms with E-state index in [1.54, 1.807) is 24.3 Å². The number of nitrogens with zero attached hydrogens (tertiary/aromatic N) is 1. The van der Waals surface area contributed by atoms with Crippen LogP contribution >= 0.6 is 11.8 Å². The lowest BCUT2D eigenvalue weighted by molar-refractivity contribution is -0.308. The molecule has 0 saturated heterocycles. The fraction of sp³-hybridized carbons (Fsp3) is 0.375. The SMILES string of the molecule is CSCC[C@H](NC(=O)CCn1c(=O)[nH]c2ccccc2c1=O)C(=O)[O-]. The number of benzene rings is 1. The van der Waals surface area contributed by atoms with Gasteiger partial charge in [0.05, 0.1) is 22.9 Å². The molecule has 8 nitrogen and oxygen atoms in total. The van der Waals surface area contributed by atoms with Crippen molar-refractivity contribution in [2.75, 3.05) is 12.0 Å². The van der Waals surface area contributed by atoms with Crippen LogP contribution in [0.2, 0.25) is 0 Å². The highest BCUT2D eigenvalue weighted by molar-refractivity contribution is 7.98. The van der Waals surface area contributed by atoms with Gasteiger partial charge in [0.25, 0.3) is 5.56 Å². The van der Waals surface area contributed by atoms with Crippen LogP contribution in [-0.2, 0) is 16.1 Å². The third-order valence-electron chi connectivity index (χ3n) is 3.68. The molecule has 1 aromatic heterocycles. The summed E-state index contributed by atoms with van der Waals surface area (Å²) in [5.74, 6) is -1.36. The number of carbonyl (C=O) groups excluding carboxylic acids is 2. The fourth-order valence-electron chi connectivity index (χ4n) is 2.37. The Balaban J connectivity index is 2.09. The first-order valence-electron chi connectivity index (χ1n) is 7.65. The number of hydrogen-bond donors (Lipinski definition) is 2. The van der Waals surface area contributed by atoms with Crippen molar-refractivity contribution in [3.05, 3.63) is 45.1 Å². The first-order valence-corrected chi connectivity index (χ1v) is 9.04. The highest BCUT2D eigenvalue weighted by Crippen LogP contribution is 2.03. The lowest BCUT2D eigenvalue weighted by Gasteiger charge is -2.19. The van der Waals surface area contributed by atoms with Crippen molar-refractivity contribution in [3.63, 3.8) is 0 Å². The third kappa shape index (κ3) is 4.72. The molecule has 0 radical (unpaired) electrons. The molecule has 1 atom stereocenters. The number of fused-ring (bicyclic) bond motifs is 1. The molecule has 0 bridgehead atoms. The predicted molar refractivity (Wildman–Crippen MR) is 93.4 cm³/mol. The summed E-state index contributed by atoms with van der Waals surface area (Å²) < 4.78 is 0.928. The van der Waals surface area contributed by atoms with Crippen LogP contribution in [0.1, 0.15) is 12.8 Å². The Hall–Kier alpha value is -2.55. The van der Waals surface area contributed by atoms with Crippen molar-refractivity contribution >= 4 is 34.5 Å². The maximum Gasteiger partial charge on any atom is 0.328 e. The van der Waals surface area contributed by atoms with E-state index in [1.165, 1.54) is 11.8 Å². The highest BCUT2D eigenvalue weighted by Gasteiger charge is 2.14. The molecule has 2 aromatic rings. The van der Waals surface area contributed by atoms with Crippen LogP contribution < -0.4 is 21.7 Å². The zero-order valence-electron chi connectivity index (χ0n) is 13.6. The molecule has 0 saturated carbocycles. The number of aliphatic carboxylic acids is 1. The van der Waals surface area contributed by atoms with Gasteiger partial charge in [-0.15, -0.1) is 0 Å². The van der Waals surface area contributed by atoms with E-state index in [1.807, 2.05) is 6.26 Å². The lowest BCUT2D eigenvalue weighted by Crippen LogP contribution is -2.48. The zero-order valence-corrected chi connectivity index (χ0v) is 14.4. The summed E-state index contributed by atoms with van der Waals surface area (Å²) in [7, 11) is 0. The molecule has 1 heterocycles. The number of thioether (sulfide) groups is 1. The summed E-state index contributed by atoms with van der Waals surface area (Å²) in [6.45, 7) is -0.146. The first kappa shape index (κ1) is 18.8. The van der Waals surface area contributed by atoms with Gasteiger partial charge >= 0.3 is 5.69 Å². The number of hydrogen-bond acceptors (Lipinski definition) is 6. The number of aromatic nitrogens is 2. The van der Waals surface area contributed by atoms with Gasteiger partial charge in [-0.2, -0.15) is 11.8 Å². The van der Waals surface area contributed by atoms with Crippen LogP contribution in [0.3, 0.4) is 0 Å². The Morgan fingerprint density at radius 3 is 2.72 bits per heavy atom. The van der Waals surface area contributed by atoms with Gasteiger partial charge in [0.2, 0.25) is 5.91 Å². The number of amides is 1. The molecule has 25 heavy (non-hydrogen) atoms. The van der Waals surface area contributed by atoms with Crippen LogP contribution in [0.25, 0.3) is 10.9 Å². The number of para-hydroxylation sites is 1. The smallest absolute Gasteiger partial charge is 0.328 e. The van der Waals surface area contributed by atoms with Crippen molar-refractivity contribution in [3.8, 4) is 0 Å². The van der Waals surface area contributed by atoms with Gasteiger partial charge in [-0.25, -0.2) is 4.79 Å². The molecule has 9 heteroatoms. The topological polar surface area (TPSA) is 124 Å². The van der Waals surface area contributed by atoms with Gasteiger partial charge in [0.1, 0.15) is 0 Å². The molecule has 2 N–H and O–H groups in total. The van der Waals surface area contributed by atoms with Crippen LogP contribution in [0, 0.1) is 0 Å². The average molecular weight is 364 g/mol. The van der Waals surface area contributed by atoms with E-state index in [9.17, 15) is 24.3 Å². The Morgan fingerprint density at radius 2 is 2.04 bits per heavy atom. The normalized spacial score (nSPS) is 12.0. The average Bonchev–Trinajstić information content (AvgIpc) is 2.58. The van der Waals surface area contributed by atoms with Gasteiger partial charge < -0.3 is 20.2 Å². The number of nitrogens with one attached hydrogen (secondary N) is 2. The van der Waals surface area contributed by atoms with E-state index in [4.69, 9.17) is 0 Å². The summed E-state index contributed by atoms with van der Waals surface area (Å²) in [5, 5.41) is 13.7. The second-order valence-electron chi connectivity index (χ2n) is 5.40. The standard InChI is InChI=1S/C16H19N3O5S/c1-25-9-7-12(15(22)23)17-13(20)6-8-19-14(21)10-4-2-3-5-11(10)18-16(19)24/h2-5,12H,6-9H2,1H3,(H,17,20)(H,18,24)(H,22,23)/p-1/t12-/m0/s1. The van der Waals surface area contributed by atoms with Crippen molar-refractivity contribution < 1.29 is 14.7 Å². The minimum atomic E-state index is -1.36. The van der Waals surface area contributed by atoms with Crippen molar-refractivity contribution in [2.24, 2.45) is 0 Å². The molecule has 1 aromatic carbocycles. The molecule has 0 unspecified atom stereocenters. The molecule has 0 aliphatic rings. The monoisotopic (exact) mass is 364 g/mol. The van der Waals surface area contributed by atoms with Gasteiger partial charge in [-0.3, -0.25) is 14.2 Å². The van der Waals surface area contributed by atoms with Crippen molar-refractivity contribution in [2.45, 2.75) is 25.4 Å². The Kier molecular flexibility index (Phi) is 6.40.